The van der Waals surface area contributed by atoms with E-state index in [-0.39, 0.29) is 11.1 Å². The van der Waals surface area contributed by atoms with Crippen LogP contribution in [0.15, 0.2) is 24.3 Å². The van der Waals surface area contributed by atoms with Gasteiger partial charge >= 0.3 is 29.9 Å². The zero-order valence-electron chi connectivity index (χ0n) is 12.3. The lowest BCUT2D eigenvalue weighted by Gasteiger charge is -2.42. The molecule has 148 valence electrons. The summed E-state index contributed by atoms with van der Waals surface area (Å²) in [6, 6.07) is 4.66. The van der Waals surface area contributed by atoms with Gasteiger partial charge in [0.2, 0.25) is 0 Å². The van der Waals surface area contributed by atoms with Gasteiger partial charge in [0.15, 0.2) is 0 Å². The van der Waals surface area contributed by atoms with Gasteiger partial charge in [-0.25, -0.2) is 0 Å². The number of halogens is 11. The molecule has 12 heteroatoms. The monoisotopic (exact) mass is 402 g/mol. The van der Waals surface area contributed by atoms with E-state index in [2.05, 4.69) is 0 Å². The highest BCUT2D eigenvalue weighted by Crippen LogP contribution is 2.60. The minimum atomic E-state index is -7.52. The molecule has 26 heavy (non-hydrogen) atoms. The van der Waals surface area contributed by atoms with Gasteiger partial charge in [0.05, 0.1) is 0 Å². The number of hydrogen-bond donors (Lipinski definition) is 1. The van der Waals surface area contributed by atoms with Gasteiger partial charge in [0.1, 0.15) is 5.60 Å². The molecule has 1 nitrogen and oxygen atoms in total. The van der Waals surface area contributed by atoms with E-state index in [1.54, 1.807) is 0 Å². The number of alkyl halides is 11. The van der Waals surface area contributed by atoms with E-state index in [1.165, 1.54) is 12.1 Å². The summed E-state index contributed by atoms with van der Waals surface area (Å²) in [5, 5.41) is 9.82. The van der Waals surface area contributed by atoms with Crippen LogP contribution in [0.5, 0.6) is 0 Å². The third kappa shape index (κ3) is 2.48. The number of benzene rings is 1. The van der Waals surface area contributed by atoms with Crippen LogP contribution in [0.2, 0.25) is 0 Å². The lowest BCUT2D eigenvalue weighted by molar-refractivity contribution is -0.435. The number of hydrogen-bond acceptors (Lipinski definition) is 1. The molecule has 0 saturated carbocycles. The largest absolute Gasteiger partial charge is 0.460 e. The van der Waals surface area contributed by atoms with Crippen LogP contribution < -0.4 is 0 Å². The SMILES string of the molecule is OC1(C(F)(F)C(F)(F)C(F)(F)C(F)(F)C(F)(F)F)Cc2ccccc2C1. The minimum absolute atomic E-state index is 0.156. The molecule has 0 saturated heterocycles. The van der Waals surface area contributed by atoms with E-state index in [0.717, 1.165) is 12.1 Å². The van der Waals surface area contributed by atoms with Crippen molar-refractivity contribution in [3.05, 3.63) is 35.4 Å². The summed E-state index contributed by atoms with van der Waals surface area (Å²) >= 11 is 0. The summed E-state index contributed by atoms with van der Waals surface area (Å²) < 4.78 is 144. The molecule has 0 fully saturated rings. The molecule has 1 N–H and O–H groups in total. The number of aliphatic hydroxyl groups is 1. The van der Waals surface area contributed by atoms with Crippen molar-refractivity contribution in [3.63, 3.8) is 0 Å². The smallest absolute Gasteiger partial charge is 0.383 e. The highest BCUT2D eigenvalue weighted by Gasteiger charge is 2.89. The first-order chi connectivity index (χ1) is 11.4. The van der Waals surface area contributed by atoms with Crippen LogP contribution in [0.25, 0.3) is 0 Å². The lowest BCUT2D eigenvalue weighted by atomic mass is 9.83. The van der Waals surface area contributed by atoms with Crippen molar-refractivity contribution in [2.24, 2.45) is 0 Å². The first-order valence-corrected chi connectivity index (χ1v) is 6.79. The van der Waals surface area contributed by atoms with Gasteiger partial charge in [-0.3, -0.25) is 0 Å². The van der Waals surface area contributed by atoms with Crippen LogP contribution in [0.1, 0.15) is 11.1 Å². The summed E-state index contributed by atoms with van der Waals surface area (Å²) in [6.45, 7) is 0. The van der Waals surface area contributed by atoms with E-state index in [1.807, 2.05) is 0 Å². The Hall–Kier alpha value is -1.59. The molecule has 1 aliphatic carbocycles. The van der Waals surface area contributed by atoms with Crippen molar-refractivity contribution in [1.82, 2.24) is 0 Å². The first kappa shape index (κ1) is 20.7. The number of fused-ring (bicyclic) bond motifs is 1. The van der Waals surface area contributed by atoms with Crippen molar-refractivity contribution in [2.45, 2.75) is 48.3 Å². The second-order valence-electron chi connectivity index (χ2n) is 5.95. The molecule has 2 rings (SSSR count). The zero-order valence-corrected chi connectivity index (χ0v) is 12.3. The molecule has 0 radical (unpaired) electrons. The Morgan fingerprint density at radius 1 is 0.654 bits per heavy atom. The van der Waals surface area contributed by atoms with E-state index in [0.29, 0.717) is 0 Å². The molecule has 0 spiro atoms. The van der Waals surface area contributed by atoms with E-state index in [4.69, 9.17) is 0 Å². The highest BCUT2D eigenvalue weighted by atomic mass is 19.4. The van der Waals surface area contributed by atoms with E-state index >= 15 is 0 Å². The van der Waals surface area contributed by atoms with Crippen molar-refractivity contribution < 1.29 is 53.4 Å². The Bertz CT molecular complexity index is 667. The summed E-state index contributed by atoms with van der Waals surface area (Å²) in [7, 11) is 0. The molecule has 1 aromatic carbocycles. The fraction of sp³-hybridized carbons (Fsp3) is 0.571. The third-order valence-corrected chi connectivity index (χ3v) is 4.21. The fourth-order valence-electron chi connectivity index (χ4n) is 2.68. The molecule has 0 unspecified atom stereocenters. The van der Waals surface area contributed by atoms with Gasteiger partial charge in [-0.05, 0) is 11.1 Å². The topological polar surface area (TPSA) is 20.2 Å². The molecule has 0 heterocycles. The summed E-state index contributed by atoms with van der Waals surface area (Å²) in [4.78, 5) is 0. The van der Waals surface area contributed by atoms with Crippen LogP contribution >= 0.6 is 0 Å². The second-order valence-corrected chi connectivity index (χ2v) is 5.95. The van der Waals surface area contributed by atoms with E-state index in [9.17, 15) is 53.4 Å². The second kappa shape index (κ2) is 5.46. The minimum Gasteiger partial charge on any atom is -0.383 e. The van der Waals surface area contributed by atoms with Gasteiger partial charge in [0, 0.05) is 12.8 Å². The zero-order chi connectivity index (χ0) is 20.4. The van der Waals surface area contributed by atoms with Gasteiger partial charge < -0.3 is 5.11 Å². The molecule has 1 aromatic rings. The van der Waals surface area contributed by atoms with Crippen molar-refractivity contribution >= 4 is 0 Å². The summed E-state index contributed by atoms with van der Waals surface area (Å²) in [6.07, 6.45) is -9.89. The van der Waals surface area contributed by atoms with Gasteiger partial charge in [-0.15, -0.1) is 0 Å². The van der Waals surface area contributed by atoms with Crippen LogP contribution in [0.4, 0.5) is 48.3 Å². The Morgan fingerprint density at radius 2 is 1.04 bits per heavy atom. The number of rotatable bonds is 4. The maximum atomic E-state index is 14.1. The van der Waals surface area contributed by atoms with Crippen LogP contribution in [0.3, 0.4) is 0 Å². The van der Waals surface area contributed by atoms with Gasteiger partial charge in [0.25, 0.3) is 0 Å². The predicted octanol–water partition coefficient (Wildman–Crippen LogP) is 4.62. The third-order valence-electron chi connectivity index (χ3n) is 4.21. The normalized spacial score (nSPS) is 18.8. The standard InChI is InChI=1S/C14H9F11O/c15-10(16,9(26)5-7-3-1-2-4-8(7)6-9)11(17,18)12(19,20)13(21,22)14(23,24)25/h1-4,26H,5-6H2. The molecule has 0 aliphatic heterocycles. The molecule has 0 aromatic heterocycles. The Labute approximate surface area is 138 Å². The Morgan fingerprint density at radius 3 is 1.38 bits per heavy atom. The quantitative estimate of drug-likeness (QED) is 0.729. The molecule has 1 aliphatic rings. The molecule has 0 bridgehead atoms. The van der Waals surface area contributed by atoms with Gasteiger partial charge in [-0.1, -0.05) is 24.3 Å². The molecule has 0 amide bonds. The lowest BCUT2D eigenvalue weighted by Crippen LogP contribution is -2.71. The van der Waals surface area contributed by atoms with Crippen molar-refractivity contribution in [3.8, 4) is 0 Å². The fourth-order valence-corrected chi connectivity index (χ4v) is 2.68. The molecular weight excluding hydrogens is 393 g/mol. The highest BCUT2D eigenvalue weighted by molar-refractivity contribution is 5.37. The average molecular weight is 402 g/mol. The molecular formula is C14H9F11O. The average Bonchev–Trinajstić information content (AvgIpc) is 2.83. The van der Waals surface area contributed by atoms with E-state index < -0.39 is 48.3 Å². The summed E-state index contributed by atoms with van der Waals surface area (Å²) in [5.74, 6) is -28.5. The van der Waals surface area contributed by atoms with Gasteiger partial charge in [-0.2, -0.15) is 48.3 Å². The maximum Gasteiger partial charge on any atom is 0.460 e. The first-order valence-electron chi connectivity index (χ1n) is 6.79. The van der Waals surface area contributed by atoms with Crippen LogP contribution in [-0.4, -0.2) is 40.6 Å². The maximum absolute atomic E-state index is 14.1. The summed E-state index contributed by atoms with van der Waals surface area (Å²) in [5.41, 5.74) is -4.29. The van der Waals surface area contributed by atoms with Crippen LogP contribution in [-0.2, 0) is 12.8 Å². The van der Waals surface area contributed by atoms with Crippen LogP contribution in [0, 0.1) is 0 Å². The van der Waals surface area contributed by atoms with Crippen molar-refractivity contribution in [1.29, 1.82) is 0 Å². The molecule has 0 atom stereocenters. The Kier molecular flexibility index (Phi) is 4.35. The predicted molar refractivity (Wildman–Crippen MR) is 64.6 cm³/mol. The Balaban J connectivity index is 2.51. The van der Waals surface area contributed by atoms with Crippen molar-refractivity contribution in [2.75, 3.05) is 0 Å².